The molecule has 1 saturated heterocycles. The fraction of sp³-hybridized carbons (Fsp3) is 0.357. The van der Waals surface area contributed by atoms with Crippen molar-refractivity contribution in [3.05, 3.63) is 88.7 Å². The first-order valence-electron chi connectivity index (χ1n) is 12.3. The van der Waals surface area contributed by atoms with Gasteiger partial charge in [-0.3, -0.25) is 14.4 Å². The van der Waals surface area contributed by atoms with Gasteiger partial charge in [0.05, 0.1) is 11.3 Å². The van der Waals surface area contributed by atoms with Gasteiger partial charge in [-0.25, -0.2) is 4.39 Å². The lowest BCUT2D eigenvalue weighted by Gasteiger charge is -2.38. The first kappa shape index (κ1) is 24.2. The van der Waals surface area contributed by atoms with Crippen LogP contribution >= 0.6 is 0 Å². The molecule has 188 valence electrons. The molecule has 4 aromatic rings. The van der Waals surface area contributed by atoms with Gasteiger partial charge in [-0.05, 0) is 61.6 Å². The van der Waals surface area contributed by atoms with Gasteiger partial charge in [-0.2, -0.15) is 5.10 Å². The second-order valence-electron chi connectivity index (χ2n) is 9.68. The van der Waals surface area contributed by atoms with Crippen LogP contribution in [0.3, 0.4) is 0 Å². The van der Waals surface area contributed by atoms with Crippen LogP contribution in [0.25, 0.3) is 11.0 Å². The number of aliphatic hydroxyl groups is 1. The Balaban J connectivity index is 1.21. The Bertz CT molecular complexity index is 1380. The summed E-state index contributed by atoms with van der Waals surface area (Å²) in [5, 5.41) is 19.4. The maximum atomic E-state index is 13.8. The van der Waals surface area contributed by atoms with Gasteiger partial charge >= 0.3 is 0 Å². The molecule has 36 heavy (non-hydrogen) atoms. The zero-order valence-corrected chi connectivity index (χ0v) is 20.6. The summed E-state index contributed by atoms with van der Waals surface area (Å²) in [6, 6.07) is 13.8. The van der Waals surface area contributed by atoms with E-state index in [1.54, 1.807) is 24.3 Å². The average molecular weight is 491 g/mol. The SMILES string of the molecule is Cc1nn(C)cc1CN1CCC(O)(c2ccc3oc(C(=O)NCCc4ccccc4F)cc3c2)CC1. The minimum atomic E-state index is -0.922. The minimum absolute atomic E-state index is 0.198. The smallest absolute Gasteiger partial charge is 0.287 e. The molecule has 0 unspecified atom stereocenters. The fourth-order valence-electron chi connectivity index (χ4n) is 4.96. The number of carbonyl (C=O) groups excluding carboxylic acids is 1. The van der Waals surface area contributed by atoms with Gasteiger partial charge in [-0.15, -0.1) is 0 Å². The summed E-state index contributed by atoms with van der Waals surface area (Å²) >= 11 is 0. The maximum absolute atomic E-state index is 13.8. The number of hydrogen-bond acceptors (Lipinski definition) is 5. The standard InChI is InChI=1S/C28H31FN4O3/c1-19-22(17-32(2)31-19)18-33-13-10-28(35,11-14-33)23-7-8-25-21(15-23)16-26(36-25)27(34)30-12-9-20-5-3-4-6-24(20)29/h3-8,15-17,35H,9-14,18H2,1-2H3,(H,30,34). The van der Waals surface area contributed by atoms with Crippen molar-refractivity contribution in [2.45, 2.75) is 38.3 Å². The number of nitrogens with one attached hydrogen (secondary N) is 1. The third kappa shape index (κ3) is 5.05. The number of hydrogen-bond donors (Lipinski definition) is 2. The highest BCUT2D eigenvalue weighted by molar-refractivity contribution is 5.96. The molecule has 8 heteroatoms. The van der Waals surface area contributed by atoms with Crippen molar-refractivity contribution >= 4 is 16.9 Å². The number of carbonyl (C=O) groups is 1. The topological polar surface area (TPSA) is 83.5 Å². The van der Waals surface area contributed by atoms with E-state index in [1.165, 1.54) is 11.6 Å². The molecule has 5 rings (SSSR count). The molecule has 0 saturated carbocycles. The molecule has 1 fully saturated rings. The first-order valence-corrected chi connectivity index (χ1v) is 12.3. The van der Waals surface area contributed by atoms with Gasteiger partial charge in [0.25, 0.3) is 5.91 Å². The lowest BCUT2D eigenvalue weighted by Crippen LogP contribution is -2.42. The quantitative estimate of drug-likeness (QED) is 0.408. The number of benzene rings is 2. The zero-order chi connectivity index (χ0) is 25.3. The van der Waals surface area contributed by atoms with Crippen molar-refractivity contribution in [2.24, 2.45) is 7.05 Å². The zero-order valence-electron chi connectivity index (χ0n) is 20.6. The Kier molecular flexibility index (Phi) is 6.64. The van der Waals surface area contributed by atoms with Gasteiger partial charge in [0.1, 0.15) is 11.4 Å². The van der Waals surface area contributed by atoms with Crippen LogP contribution in [0.15, 0.2) is 59.1 Å². The molecule has 0 bridgehead atoms. The van der Waals surface area contributed by atoms with Crippen molar-refractivity contribution in [2.75, 3.05) is 19.6 Å². The monoisotopic (exact) mass is 490 g/mol. The number of aryl methyl sites for hydroxylation is 2. The lowest BCUT2D eigenvalue weighted by molar-refractivity contribution is -0.0276. The molecule has 0 aliphatic carbocycles. The van der Waals surface area contributed by atoms with Crippen molar-refractivity contribution in [3.8, 4) is 0 Å². The molecule has 7 nitrogen and oxygen atoms in total. The fourth-order valence-corrected chi connectivity index (χ4v) is 4.96. The van der Waals surface area contributed by atoms with E-state index in [9.17, 15) is 14.3 Å². The van der Waals surface area contributed by atoms with Crippen LogP contribution in [0.5, 0.6) is 0 Å². The summed E-state index contributed by atoms with van der Waals surface area (Å²) in [6.45, 7) is 4.71. The van der Waals surface area contributed by atoms with Crippen molar-refractivity contribution < 1.29 is 18.7 Å². The number of rotatable bonds is 7. The van der Waals surface area contributed by atoms with E-state index in [1.807, 2.05) is 36.9 Å². The van der Waals surface area contributed by atoms with Gasteiger partial charge in [0.15, 0.2) is 5.76 Å². The second kappa shape index (κ2) is 9.87. The summed E-state index contributed by atoms with van der Waals surface area (Å²) in [4.78, 5) is 14.9. The molecule has 1 aliphatic heterocycles. The third-order valence-electron chi connectivity index (χ3n) is 7.11. The second-order valence-corrected chi connectivity index (χ2v) is 9.68. The average Bonchev–Trinajstić information content (AvgIpc) is 3.43. The van der Waals surface area contributed by atoms with Crippen LogP contribution in [0, 0.1) is 12.7 Å². The number of furan rings is 1. The summed E-state index contributed by atoms with van der Waals surface area (Å²) in [5.41, 5.74) is 3.31. The molecule has 2 N–H and O–H groups in total. The highest BCUT2D eigenvalue weighted by Crippen LogP contribution is 2.35. The number of halogens is 1. The normalized spacial score (nSPS) is 15.9. The predicted octanol–water partition coefficient (Wildman–Crippen LogP) is 4.07. The number of nitrogens with zero attached hydrogens (tertiary/aromatic N) is 3. The van der Waals surface area contributed by atoms with E-state index < -0.39 is 5.60 Å². The first-order chi connectivity index (χ1) is 17.3. The number of amides is 1. The van der Waals surface area contributed by atoms with E-state index in [0.29, 0.717) is 37.0 Å². The van der Waals surface area contributed by atoms with Gasteiger partial charge in [-0.1, -0.05) is 24.3 Å². The molecule has 1 amide bonds. The molecule has 0 radical (unpaired) electrons. The summed E-state index contributed by atoms with van der Waals surface area (Å²) in [5.74, 6) is -0.426. The van der Waals surface area contributed by atoms with Crippen LogP contribution in [-0.2, 0) is 25.6 Å². The number of aromatic nitrogens is 2. The van der Waals surface area contributed by atoms with Crippen LogP contribution in [0.2, 0.25) is 0 Å². The predicted molar refractivity (Wildman–Crippen MR) is 135 cm³/mol. The van der Waals surface area contributed by atoms with E-state index >= 15 is 0 Å². The highest BCUT2D eigenvalue weighted by Gasteiger charge is 2.34. The van der Waals surface area contributed by atoms with Gasteiger partial charge in [0.2, 0.25) is 0 Å². The summed E-state index contributed by atoms with van der Waals surface area (Å²) < 4.78 is 21.4. The Morgan fingerprint density at radius 1 is 1.17 bits per heavy atom. The molecular formula is C28H31FN4O3. The van der Waals surface area contributed by atoms with E-state index in [-0.39, 0.29) is 17.5 Å². The van der Waals surface area contributed by atoms with Gasteiger partial charge < -0.3 is 14.8 Å². The van der Waals surface area contributed by atoms with E-state index in [2.05, 4.69) is 21.5 Å². The van der Waals surface area contributed by atoms with Crippen molar-refractivity contribution in [3.63, 3.8) is 0 Å². The van der Waals surface area contributed by atoms with Crippen LogP contribution in [0.1, 0.15) is 45.8 Å². The number of fused-ring (bicyclic) bond motifs is 1. The summed E-state index contributed by atoms with van der Waals surface area (Å²) in [7, 11) is 1.93. The maximum Gasteiger partial charge on any atom is 0.287 e. The summed E-state index contributed by atoms with van der Waals surface area (Å²) in [6.07, 6.45) is 3.70. The van der Waals surface area contributed by atoms with Gasteiger partial charge in [0, 0.05) is 50.4 Å². The molecule has 2 aromatic heterocycles. The Morgan fingerprint density at radius 3 is 2.67 bits per heavy atom. The lowest BCUT2D eigenvalue weighted by atomic mass is 9.84. The van der Waals surface area contributed by atoms with E-state index in [0.717, 1.165) is 36.3 Å². The Labute approximate surface area is 209 Å². The van der Waals surface area contributed by atoms with E-state index in [4.69, 9.17) is 4.42 Å². The van der Waals surface area contributed by atoms with Crippen LogP contribution < -0.4 is 5.32 Å². The Morgan fingerprint density at radius 2 is 1.94 bits per heavy atom. The molecule has 0 atom stereocenters. The number of piperidine rings is 1. The van der Waals surface area contributed by atoms with Crippen LogP contribution in [0.4, 0.5) is 4.39 Å². The molecule has 2 aromatic carbocycles. The number of likely N-dealkylation sites (tertiary alicyclic amines) is 1. The third-order valence-corrected chi connectivity index (χ3v) is 7.11. The highest BCUT2D eigenvalue weighted by atomic mass is 19.1. The molecule has 1 aliphatic rings. The van der Waals surface area contributed by atoms with Crippen LogP contribution in [-0.4, -0.2) is 45.3 Å². The Hall–Kier alpha value is -3.49. The molecule has 3 heterocycles. The van der Waals surface area contributed by atoms with Crippen molar-refractivity contribution in [1.29, 1.82) is 0 Å². The largest absolute Gasteiger partial charge is 0.451 e. The van der Waals surface area contributed by atoms with Crippen molar-refractivity contribution in [1.82, 2.24) is 20.0 Å². The minimum Gasteiger partial charge on any atom is -0.451 e. The molecule has 0 spiro atoms. The molecular weight excluding hydrogens is 459 g/mol.